The zero-order valence-electron chi connectivity index (χ0n) is 10.1. The lowest BCUT2D eigenvalue weighted by Crippen LogP contribution is -2.19. The van der Waals surface area contributed by atoms with Crippen LogP contribution in [-0.4, -0.2) is 21.9 Å². The van der Waals surface area contributed by atoms with Crippen LogP contribution < -0.4 is 5.73 Å². The molecule has 0 amide bonds. The predicted octanol–water partition coefficient (Wildman–Crippen LogP) is 1.83. The van der Waals surface area contributed by atoms with Gasteiger partial charge in [-0.25, -0.2) is 4.79 Å². The van der Waals surface area contributed by atoms with Gasteiger partial charge in [0.2, 0.25) is 0 Å². The molecule has 1 heterocycles. The van der Waals surface area contributed by atoms with Gasteiger partial charge in [-0.05, 0) is 20.3 Å². The molecule has 0 aromatic carbocycles. The summed E-state index contributed by atoms with van der Waals surface area (Å²) in [7, 11) is 0. The summed E-state index contributed by atoms with van der Waals surface area (Å²) in [6.07, 6.45) is 3.23. The van der Waals surface area contributed by atoms with Crippen LogP contribution in [0.4, 0.5) is 5.69 Å². The maximum Gasteiger partial charge on any atom is 0.359 e. The van der Waals surface area contributed by atoms with E-state index in [4.69, 9.17) is 10.5 Å². The molecule has 0 saturated carbocycles. The number of aromatic nitrogens is 2. The first-order valence-electron chi connectivity index (χ1n) is 5.62. The largest absolute Gasteiger partial charge is 0.458 e. The zero-order chi connectivity index (χ0) is 12.1. The van der Waals surface area contributed by atoms with Crippen LogP contribution in [0.1, 0.15) is 44.1 Å². The third-order valence-electron chi connectivity index (χ3n) is 2.36. The highest BCUT2D eigenvalue weighted by molar-refractivity contribution is 5.93. The monoisotopic (exact) mass is 225 g/mol. The molecule has 0 radical (unpaired) electrons. The predicted molar refractivity (Wildman–Crippen MR) is 62.1 cm³/mol. The molecule has 1 aromatic heterocycles. The lowest BCUT2D eigenvalue weighted by molar-refractivity contribution is 0.0310. The molecule has 16 heavy (non-hydrogen) atoms. The normalized spacial score (nSPS) is 12.4. The van der Waals surface area contributed by atoms with Crippen molar-refractivity contribution in [3.8, 4) is 0 Å². The number of nitrogen functional groups attached to an aromatic ring is 1. The first-order valence-corrected chi connectivity index (χ1v) is 5.62. The van der Waals surface area contributed by atoms with E-state index in [0.717, 1.165) is 12.8 Å². The average Bonchev–Trinajstić information content (AvgIpc) is 2.59. The minimum absolute atomic E-state index is 0.0860. The third-order valence-corrected chi connectivity index (χ3v) is 2.36. The van der Waals surface area contributed by atoms with Gasteiger partial charge in [-0.2, -0.15) is 5.10 Å². The Kier molecular flexibility index (Phi) is 4.34. The average molecular weight is 225 g/mol. The van der Waals surface area contributed by atoms with E-state index < -0.39 is 5.97 Å². The highest BCUT2D eigenvalue weighted by Crippen LogP contribution is 2.14. The van der Waals surface area contributed by atoms with Crippen LogP contribution in [-0.2, 0) is 11.3 Å². The van der Waals surface area contributed by atoms with Crippen LogP contribution in [0.25, 0.3) is 0 Å². The molecule has 0 aliphatic carbocycles. The fourth-order valence-electron chi connectivity index (χ4n) is 1.57. The van der Waals surface area contributed by atoms with E-state index in [1.54, 1.807) is 4.68 Å². The van der Waals surface area contributed by atoms with Crippen molar-refractivity contribution in [3.05, 3.63) is 11.9 Å². The van der Waals surface area contributed by atoms with Crippen molar-refractivity contribution in [3.63, 3.8) is 0 Å². The van der Waals surface area contributed by atoms with Gasteiger partial charge in [-0.1, -0.05) is 13.3 Å². The Balaban J connectivity index is 2.75. The summed E-state index contributed by atoms with van der Waals surface area (Å²) in [4.78, 5) is 11.8. The molecule has 90 valence electrons. The van der Waals surface area contributed by atoms with Crippen molar-refractivity contribution in [1.82, 2.24) is 9.78 Å². The summed E-state index contributed by atoms with van der Waals surface area (Å²) in [6, 6.07) is 0. The molecular weight excluding hydrogens is 206 g/mol. The molecule has 5 nitrogen and oxygen atoms in total. The van der Waals surface area contributed by atoms with Crippen molar-refractivity contribution in [2.24, 2.45) is 0 Å². The summed E-state index contributed by atoms with van der Waals surface area (Å²) >= 11 is 0. The van der Waals surface area contributed by atoms with E-state index in [1.165, 1.54) is 6.20 Å². The smallest absolute Gasteiger partial charge is 0.359 e. The number of rotatable bonds is 5. The molecule has 0 bridgehead atoms. The lowest BCUT2D eigenvalue weighted by Gasteiger charge is -2.12. The maximum atomic E-state index is 11.8. The van der Waals surface area contributed by atoms with Crippen LogP contribution in [0.15, 0.2) is 6.20 Å². The van der Waals surface area contributed by atoms with Crippen LogP contribution in [0.2, 0.25) is 0 Å². The minimum atomic E-state index is -0.391. The number of ether oxygens (including phenoxy) is 1. The Morgan fingerprint density at radius 3 is 2.88 bits per heavy atom. The number of anilines is 1. The van der Waals surface area contributed by atoms with E-state index >= 15 is 0 Å². The zero-order valence-corrected chi connectivity index (χ0v) is 10.1. The molecular formula is C11H19N3O2. The van der Waals surface area contributed by atoms with Crippen molar-refractivity contribution in [1.29, 1.82) is 0 Å². The van der Waals surface area contributed by atoms with Gasteiger partial charge >= 0.3 is 5.97 Å². The number of nitrogens with two attached hydrogens (primary N) is 1. The molecule has 1 aromatic rings. The van der Waals surface area contributed by atoms with Gasteiger partial charge in [-0.15, -0.1) is 0 Å². The van der Waals surface area contributed by atoms with E-state index in [2.05, 4.69) is 12.0 Å². The number of carbonyl (C=O) groups is 1. The van der Waals surface area contributed by atoms with Gasteiger partial charge < -0.3 is 10.5 Å². The topological polar surface area (TPSA) is 70.1 Å². The Morgan fingerprint density at radius 2 is 2.31 bits per heavy atom. The van der Waals surface area contributed by atoms with Gasteiger partial charge in [0.1, 0.15) is 0 Å². The quantitative estimate of drug-likeness (QED) is 0.776. The SMILES string of the molecule is CCCC(C)OC(=O)c1c(N)cnn1CC. The lowest BCUT2D eigenvalue weighted by atomic mass is 10.2. The fraction of sp³-hybridized carbons (Fsp3) is 0.636. The van der Waals surface area contributed by atoms with E-state index in [0.29, 0.717) is 17.9 Å². The first kappa shape index (κ1) is 12.5. The molecule has 1 atom stereocenters. The van der Waals surface area contributed by atoms with Crippen molar-refractivity contribution < 1.29 is 9.53 Å². The fourth-order valence-corrected chi connectivity index (χ4v) is 1.57. The van der Waals surface area contributed by atoms with Crippen molar-refractivity contribution in [2.75, 3.05) is 5.73 Å². The number of carbonyl (C=O) groups excluding carboxylic acids is 1. The van der Waals surface area contributed by atoms with Crippen LogP contribution in [0, 0.1) is 0 Å². The Labute approximate surface area is 95.6 Å². The van der Waals surface area contributed by atoms with Crippen LogP contribution >= 0.6 is 0 Å². The van der Waals surface area contributed by atoms with E-state index in [1.807, 2.05) is 13.8 Å². The number of aryl methyl sites for hydroxylation is 1. The Bertz CT molecular complexity index is 360. The second-order valence-corrected chi connectivity index (χ2v) is 3.77. The molecule has 0 aliphatic rings. The minimum Gasteiger partial charge on any atom is -0.458 e. The molecule has 5 heteroatoms. The number of hydrogen-bond donors (Lipinski definition) is 1. The maximum absolute atomic E-state index is 11.8. The van der Waals surface area contributed by atoms with E-state index in [9.17, 15) is 4.79 Å². The number of esters is 1. The molecule has 0 fully saturated rings. The van der Waals surface area contributed by atoms with Gasteiger partial charge in [-0.3, -0.25) is 4.68 Å². The second kappa shape index (κ2) is 5.53. The molecule has 0 spiro atoms. The summed E-state index contributed by atoms with van der Waals surface area (Å²) < 4.78 is 6.83. The number of hydrogen-bond acceptors (Lipinski definition) is 4. The standard InChI is InChI=1S/C11H19N3O2/c1-4-6-8(3)16-11(15)10-9(12)7-13-14(10)5-2/h7-8H,4-6,12H2,1-3H3. The third kappa shape index (κ3) is 2.74. The highest BCUT2D eigenvalue weighted by atomic mass is 16.5. The van der Waals surface area contributed by atoms with Crippen molar-refractivity contribution in [2.45, 2.75) is 46.3 Å². The summed E-state index contributed by atoms with van der Waals surface area (Å²) in [5, 5.41) is 4.00. The highest BCUT2D eigenvalue weighted by Gasteiger charge is 2.19. The summed E-state index contributed by atoms with van der Waals surface area (Å²) in [5.74, 6) is -0.391. The van der Waals surface area contributed by atoms with Gasteiger partial charge in [0.05, 0.1) is 18.0 Å². The van der Waals surface area contributed by atoms with Gasteiger partial charge in [0.25, 0.3) is 0 Å². The first-order chi connectivity index (χ1) is 7.60. The Morgan fingerprint density at radius 1 is 1.62 bits per heavy atom. The van der Waals surface area contributed by atoms with Crippen LogP contribution in [0.5, 0.6) is 0 Å². The molecule has 1 rings (SSSR count). The second-order valence-electron chi connectivity index (χ2n) is 3.77. The molecule has 0 saturated heterocycles. The number of nitrogens with zero attached hydrogens (tertiary/aromatic N) is 2. The molecule has 2 N–H and O–H groups in total. The van der Waals surface area contributed by atoms with E-state index in [-0.39, 0.29) is 6.10 Å². The molecule has 1 unspecified atom stereocenters. The van der Waals surface area contributed by atoms with Crippen LogP contribution in [0.3, 0.4) is 0 Å². The van der Waals surface area contributed by atoms with Gasteiger partial charge in [0, 0.05) is 6.54 Å². The van der Waals surface area contributed by atoms with Gasteiger partial charge in [0.15, 0.2) is 5.69 Å². The molecule has 0 aliphatic heterocycles. The summed E-state index contributed by atoms with van der Waals surface area (Å²) in [5.41, 5.74) is 6.41. The summed E-state index contributed by atoms with van der Waals surface area (Å²) in [6.45, 7) is 6.43. The van der Waals surface area contributed by atoms with Crippen molar-refractivity contribution >= 4 is 11.7 Å². The Hall–Kier alpha value is -1.52.